The molecule has 0 aliphatic rings. The van der Waals surface area contributed by atoms with Crippen LogP contribution in [0, 0.1) is 3.95 Å². The molecule has 1 aromatic carbocycles. The quantitative estimate of drug-likeness (QED) is 0.591. The smallest absolute Gasteiger partial charge is 0.163 e. The zero-order valence-electron chi connectivity index (χ0n) is 8.96. The Morgan fingerprint density at radius 1 is 1.38 bits per heavy atom. The van der Waals surface area contributed by atoms with Crippen molar-refractivity contribution < 1.29 is 0 Å². The van der Waals surface area contributed by atoms with Gasteiger partial charge in [-0.25, -0.2) is 4.99 Å². The molecule has 0 saturated heterocycles. The Balaban J connectivity index is 2.21. The van der Waals surface area contributed by atoms with Crippen LogP contribution in [0.15, 0.2) is 41.5 Å². The molecule has 0 spiro atoms. The van der Waals surface area contributed by atoms with Gasteiger partial charge >= 0.3 is 0 Å². The van der Waals surface area contributed by atoms with E-state index in [4.69, 9.17) is 12.2 Å². The lowest BCUT2D eigenvalue weighted by Gasteiger charge is -1.91. The fourth-order valence-electron chi connectivity index (χ4n) is 1.32. The minimum absolute atomic E-state index is 0.878. The summed E-state index contributed by atoms with van der Waals surface area (Å²) in [7, 11) is 0. The number of benzene rings is 1. The molecule has 0 N–H and O–H groups in total. The van der Waals surface area contributed by atoms with Gasteiger partial charge in [0.05, 0.1) is 0 Å². The molecule has 1 aromatic heterocycles. The second kappa shape index (κ2) is 5.18. The minimum atomic E-state index is 0.878. The third-order valence-electron chi connectivity index (χ3n) is 2.17. The number of rotatable bonds is 3. The van der Waals surface area contributed by atoms with Gasteiger partial charge in [-0.2, -0.15) is 0 Å². The van der Waals surface area contributed by atoms with Crippen LogP contribution >= 0.6 is 23.6 Å². The summed E-state index contributed by atoms with van der Waals surface area (Å²) in [6, 6.07) is 10.1. The summed E-state index contributed by atoms with van der Waals surface area (Å²) in [5.41, 5.74) is 1.10. The van der Waals surface area contributed by atoms with Crippen LogP contribution in [-0.4, -0.2) is 10.8 Å². The summed E-state index contributed by atoms with van der Waals surface area (Å²) in [5.74, 6) is 0. The van der Waals surface area contributed by atoms with Gasteiger partial charge in [0.1, 0.15) is 5.00 Å². The van der Waals surface area contributed by atoms with Gasteiger partial charge in [0, 0.05) is 19.0 Å². The molecule has 4 heteroatoms. The molecule has 0 fully saturated rings. The molecule has 16 heavy (non-hydrogen) atoms. The van der Waals surface area contributed by atoms with E-state index in [0.717, 1.165) is 21.1 Å². The number of hydrogen-bond acceptors (Lipinski definition) is 3. The van der Waals surface area contributed by atoms with Crippen molar-refractivity contribution >= 4 is 34.8 Å². The highest BCUT2D eigenvalue weighted by molar-refractivity contribution is 7.73. The molecule has 82 valence electrons. The molecule has 0 saturated carbocycles. The van der Waals surface area contributed by atoms with Crippen molar-refractivity contribution in [2.24, 2.45) is 4.99 Å². The zero-order valence-corrected chi connectivity index (χ0v) is 10.6. The van der Waals surface area contributed by atoms with Gasteiger partial charge in [-0.3, -0.25) is 0 Å². The van der Waals surface area contributed by atoms with E-state index < -0.39 is 0 Å². The fraction of sp³-hybridized carbons (Fsp3) is 0.167. The van der Waals surface area contributed by atoms with Crippen molar-refractivity contribution in [2.45, 2.75) is 13.5 Å². The van der Waals surface area contributed by atoms with E-state index in [1.54, 1.807) is 0 Å². The molecule has 0 aliphatic carbocycles. The Bertz CT molecular complexity index is 538. The molecule has 0 amide bonds. The van der Waals surface area contributed by atoms with E-state index >= 15 is 0 Å². The average Bonchev–Trinajstić information content (AvgIpc) is 2.69. The molecule has 2 aromatic rings. The Morgan fingerprint density at radius 2 is 2.12 bits per heavy atom. The van der Waals surface area contributed by atoms with Crippen LogP contribution in [0.3, 0.4) is 0 Å². The van der Waals surface area contributed by atoms with Crippen LogP contribution in [-0.2, 0) is 6.54 Å². The maximum Gasteiger partial charge on any atom is 0.163 e. The van der Waals surface area contributed by atoms with E-state index in [2.05, 4.69) is 11.9 Å². The zero-order chi connectivity index (χ0) is 11.4. The monoisotopic (exact) mass is 248 g/mol. The maximum absolute atomic E-state index is 5.21. The number of aliphatic imine (C=N–C) groups is 1. The van der Waals surface area contributed by atoms with E-state index in [1.807, 2.05) is 47.3 Å². The second-order valence-corrected chi connectivity index (χ2v) is 4.94. The summed E-state index contributed by atoms with van der Waals surface area (Å²) < 4.78 is 2.90. The van der Waals surface area contributed by atoms with E-state index in [1.165, 1.54) is 11.3 Å². The number of thiazole rings is 1. The van der Waals surface area contributed by atoms with Gasteiger partial charge in [0.2, 0.25) is 0 Å². The van der Waals surface area contributed by atoms with Crippen LogP contribution < -0.4 is 0 Å². The lowest BCUT2D eigenvalue weighted by atomic mass is 10.2. The molecule has 0 radical (unpaired) electrons. The van der Waals surface area contributed by atoms with E-state index in [0.29, 0.717) is 0 Å². The van der Waals surface area contributed by atoms with Crippen LogP contribution in [0.25, 0.3) is 0 Å². The Morgan fingerprint density at radius 3 is 2.75 bits per heavy atom. The van der Waals surface area contributed by atoms with Gasteiger partial charge in [0.15, 0.2) is 3.95 Å². The van der Waals surface area contributed by atoms with E-state index in [-0.39, 0.29) is 0 Å². The number of aryl methyl sites for hydroxylation is 1. The molecule has 0 bridgehead atoms. The first-order valence-corrected chi connectivity index (χ1v) is 6.31. The minimum Gasteiger partial charge on any atom is -0.328 e. The fourth-order valence-corrected chi connectivity index (χ4v) is 2.52. The summed E-state index contributed by atoms with van der Waals surface area (Å²) >= 11 is 6.75. The van der Waals surface area contributed by atoms with Gasteiger partial charge in [0.25, 0.3) is 0 Å². The summed E-state index contributed by atoms with van der Waals surface area (Å²) in [4.78, 5) is 4.41. The molecular formula is C12H12N2S2. The number of nitrogens with zero attached hydrogens (tertiary/aromatic N) is 2. The SMILES string of the molecule is CCn1cc(/N=C/c2ccccc2)sc1=S. The lowest BCUT2D eigenvalue weighted by Crippen LogP contribution is -1.88. The lowest BCUT2D eigenvalue weighted by molar-refractivity contribution is 0.764. The van der Waals surface area contributed by atoms with Gasteiger partial charge in [-0.1, -0.05) is 41.7 Å². The number of aromatic nitrogens is 1. The molecule has 1 heterocycles. The predicted octanol–water partition coefficient (Wildman–Crippen LogP) is 4.05. The maximum atomic E-state index is 5.21. The summed E-state index contributed by atoms with van der Waals surface area (Å²) in [6.45, 7) is 2.98. The molecule has 0 atom stereocenters. The van der Waals surface area contributed by atoms with Crippen molar-refractivity contribution in [1.29, 1.82) is 0 Å². The first-order chi connectivity index (χ1) is 7.79. The molecule has 0 unspecified atom stereocenters. The Hall–Kier alpha value is -1.26. The summed E-state index contributed by atoms with van der Waals surface area (Å²) in [6.07, 6.45) is 3.85. The number of hydrogen-bond donors (Lipinski definition) is 0. The third-order valence-corrected chi connectivity index (χ3v) is 3.49. The standard InChI is InChI=1S/C12H12N2S2/c1-2-14-9-11(16-12(14)15)13-8-10-6-4-3-5-7-10/h3-9H,2H2,1H3/b13-8+. The normalized spacial score (nSPS) is 11.1. The van der Waals surface area contributed by atoms with Gasteiger partial charge in [-0.15, -0.1) is 0 Å². The molecule has 0 aliphatic heterocycles. The predicted molar refractivity (Wildman–Crippen MR) is 72.5 cm³/mol. The van der Waals surface area contributed by atoms with Crippen molar-refractivity contribution in [3.8, 4) is 0 Å². The Labute approximate surface area is 104 Å². The van der Waals surface area contributed by atoms with E-state index in [9.17, 15) is 0 Å². The molecule has 2 nitrogen and oxygen atoms in total. The first kappa shape index (κ1) is 11.2. The highest BCUT2D eigenvalue weighted by Gasteiger charge is 1.96. The van der Waals surface area contributed by atoms with Crippen LogP contribution in [0.2, 0.25) is 0 Å². The van der Waals surface area contributed by atoms with Crippen molar-refractivity contribution in [2.75, 3.05) is 0 Å². The average molecular weight is 248 g/mol. The molecule has 2 rings (SSSR count). The van der Waals surface area contributed by atoms with Crippen molar-refractivity contribution in [3.05, 3.63) is 46.0 Å². The van der Waals surface area contributed by atoms with Crippen LogP contribution in [0.5, 0.6) is 0 Å². The van der Waals surface area contributed by atoms with Crippen molar-refractivity contribution in [1.82, 2.24) is 4.57 Å². The highest BCUT2D eigenvalue weighted by atomic mass is 32.1. The Kier molecular flexibility index (Phi) is 3.64. The molecular weight excluding hydrogens is 236 g/mol. The van der Waals surface area contributed by atoms with Crippen molar-refractivity contribution in [3.63, 3.8) is 0 Å². The highest BCUT2D eigenvalue weighted by Crippen LogP contribution is 2.21. The third kappa shape index (κ3) is 2.65. The topological polar surface area (TPSA) is 17.3 Å². The van der Waals surface area contributed by atoms with Gasteiger partial charge in [-0.05, 0) is 24.7 Å². The van der Waals surface area contributed by atoms with Crippen LogP contribution in [0.1, 0.15) is 12.5 Å². The van der Waals surface area contributed by atoms with Gasteiger partial charge < -0.3 is 4.57 Å². The summed E-state index contributed by atoms with van der Waals surface area (Å²) in [5, 5.41) is 0.954. The first-order valence-electron chi connectivity index (χ1n) is 5.09. The second-order valence-electron chi connectivity index (χ2n) is 3.29. The largest absolute Gasteiger partial charge is 0.328 e. The van der Waals surface area contributed by atoms with Crippen LogP contribution in [0.4, 0.5) is 5.00 Å².